The first kappa shape index (κ1) is 19.1. The quantitative estimate of drug-likeness (QED) is 0.627. The fourth-order valence-electron chi connectivity index (χ4n) is 2.79. The van der Waals surface area contributed by atoms with E-state index in [2.05, 4.69) is 4.98 Å². The highest BCUT2D eigenvalue weighted by Gasteiger charge is 2.16. The molecule has 3 aromatic rings. The number of benzene rings is 2. The Bertz CT molecular complexity index is 989. The summed E-state index contributed by atoms with van der Waals surface area (Å²) in [6.45, 7) is 1.21. The first-order valence-electron chi connectivity index (χ1n) is 8.54. The molecule has 0 radical (unpaired) electrons. The van der Waals surface area contributed by atoms with E-state index in [9.17, 15) is 9.59 Å². The number of hydrogen-bond donors (Lipinski definition) is 0. The third-order valence-corrected chi connectivity index (χ3v) is 4.46. The molecule has 0 spiro atoms. The van der Waals surface area contributed by atoms with Crippen molar-refractivity contribution in [1.82, 2.24) is 14.5 Å². The van der Waals surface area contributed by atoms with E-state index in [0.29, 0.717) is 35.6 Å². The fraction of sp³-hybridized carbons (Fsp3) is 0.250. The lowest BCUT2D eigenvalue weighted by atomic mass is 10.2. The minimum absolute atomic E-state index is 0.0924. The van der Waals surface area contributed by atoms with E-state index in [-0.39, 0.29) is 18.0 Å². The molecule has 3 rings (SSSR count). The van der Waals surface area contributed by atoms with Crippen LogP contribution < -0.4 is 5.56 Å². The summed E-state index contributed by atoms with van der Waals surface area (Å²) < 4.78 is 6.43. The molecule has 0 bridgehead atoms. The summed E-state index contributed by atoms with van der Waals surface area (Å²) in [6, 6.07) is 14.6. The molecule has 0 unspecified atom stereocenters. The molecule has 2 aromatic carbocycles. The van der Waals surface area contributed by atoms with Gasteiger partial charge in [0.25, 0.3) is 5.56 Å². The molecule has 1 amide bonds. The lowest BCUT2D eigenvalue weighted by Crippen LogP contribution is -2.38. The summed E-state index contributed by atoms with van der Waals surface area (Å²) >= 11 is 5.98. The van der Waals surface area contributed by atoms with Crippen molar-refractivity contribution in [1.29, 1.82) is 0 Å². The van der Waals surface area contributed by atoms with E-state index in [4.69, 9.17) is 16.3 Å². The van der Waals surface area contributed by atoms with Gasteiger partial charge in [0.1, 0.15) is 6.54 Å². The van der Waals surface area contributed by atoms with Crippen molar-refractivity contribution in [3.8, 4) is 0 Å². The Balaban J connectivity index is 1.83. The predicted molar refractivity (Wildman–Crippen MR) is 105 cm³/mol. The zero-order valence-corrected chi connectivity index (χ0v) is 15.7. The summed E-state index contributed by atoms with van der Waals surface area (Å²) in [5.74, 6) is -0.179. The standard InChI is InChI=1S/C20H20ClN3O3/c1-27-10-9-23(12-15-5-3-2-4-6-15)19(25)13-24-14-22-18-8-7-16(21)11-17(18)20(24)26/h2-8,11,14H,9-10,12-13H2,1H3. The molecular formula is C20H20ClN3O3. The molecule has 0 aliphatic rings. The SMILES string of the molecule is COCCN(Cc1ccccc1)C(=O)Cn1cnc2ccc(Cl)cc2c1=O. The number of amides is 1. The number of hydrogen-bond acceptors (Lipinski definition) is 4. The van der Waals surface area contributed by atoms with Crippen LogP contribution in [0.5, 0.6) is 0 Å². The molecule has 1 heterocycles. The van der Waals surface area contributed by atoms with Gasteiger partial charge in [-0.3, -0.25) is 14.2 Å². The molecule has 0 aliphatic carbocycles. The number of rotatable bonds is 7. The maximum absolute atomic E-state index is 12.8. The molecule has 0 aliphatic heterocycles. The number of carbonyl (C=O) groups excluding carboxylic acids is 1. The molecule has 6 nitrogen and oxygen atoms in total. The van der Waals surface area contributed by atoms with Gasteiger partial charge in [0.05, 0.1) is 23.8 Å². The topological polar surface area (TPSA) is 64.4 Å². The van der Waals surface area contributed by atoms with Gasteiger partial charge < -0.3 is 9.64 Å². The van der Waals surface area contributed by atoms with Crippen molar-refractivity contribution in [3.63, 3.8) is 0 Å². The second-order valence-corrected chi connectivity index (χ2v) is 6.57. The minimum Gasteiger partial charge on any atom is -0.383 e. The second-order valence-electron chi connectivity index (χ2n) is 6.13. The Morgan fingerprint density at radius 3 is 2.74 bits per heavy atom. The first-order chi connectivity index (χ1) is 13.1. The average molecular weight is 386 g/mol. The van der Waals surface area contributed by atoms with Crippen LogP contribution in [0, 0.1) is 0 Å². The lowest BCUT2D eigenvalue weighted by Gasteiger charge is -2.23. The Labute approximate surface area is 162 Å². The third-order valence-electron chi connectivity index (χ3n) is 4.23. The van der Waals surface area contributed by atoms with Crippen molar-refractivity contribution in [2.45, 2.75) is 13.1 Å². The van der Waals surface area contributed by atoms with Crippen LogP contribution in [0.1, 0.15) is 5.56 Å². The number of fused-ring (bicyclic) bond motifs is 1. The highest BCUT2D eigenvalue weighted by Crippen LogP contribution is 2.14. The van der Waals surface area contributed by atoms with Crippen LogP contribution in [0.2, 0.25) is 5.02 Å². The highest BCUT2D eigenvalue weighted by atomic mass is 35.5. The van der Waals surface area contributed by atoms with E-state index in [1.54, 1.807) is 30.2 Å². The largest absolute Gasteiger partial charge is 0.383 e. The summed E-state index contributed by atoms with van der Waals surface area (Å²) in [7, 11) is 1.59. The molecule has 0 saturated heterocycles. The van der Waals surface area contributed by atoms with E-state index in [1.807, 2.05) is 30.3 Å². The number of carbonyl (C=O) groups is 1. The van der Waals surface area contributed by atoms with Crippen molar-refractivity contribution < 1.29 is 9.53 Å². The highest BCUT2D eigenvalue weighted by molar-refractivity contribution is 6.31. The molecule has 0 N–H and O–H groups in total. The van der Waals surface area contributed by atoms with Crippen molar-refractivity contribution in [2.24, 2.45) is 0 Å². The van der Waals surface area contributed by atoms with E-state index in [0.717, 1.165) is 5.56 Å². The monoisotopic (exact) mass is 385 g/mol. The van der Waals surface area contributed by atoms with Gasteiger partial charge in [-0.15, -0.1) is 0 Å². The number of nitrogens with zero attached hydrogens (tertiary/aromatic N) is 3. The number of ether oxygens (including phenoxy) is 1. The Hall–Kier alpha value is -2.70. The predicted octanol–water partition coefficient (Wildman–Crippen LogP) is 2.73. The van der Waals surface area contributed by atoms with Gasteiger partial charge in [0, 0.05) is 25.2 Å². The third kappa shape index (κ3) is 4.72. The van der Waals surface area contributed by atoms with Gasteiger partial charge in [-0.25, -0.2) is 4.98 Å². The molecule has 0 fully saturated rings. The molecule has 27 heavy (non-hydrogen) atoms. The maximum Gasteiger partial charge on any atom is 0.261 e. The van der Waals surface area contributed by atoms with Crippen LogP contribution in [0.3, 0.4) is 0 Å². The van der Waals surface area contributed by atoms with Crippen LogP contribution in [-0.4, -0.2) is 40.6 Å². The van der Waals surface area contributed by atoms with Gasteiger partial charge in [0.2, 0.25) is 5.91 Å². The van der Waals surface area contributed by atoms with Gasteiger partial charge in [-0.1, -0.05) is 41.9 Å². The van der Waals surface area contributed by atoms with E-state index >= 15 is 0 Å². The molecule has 1 aromatic heterocycles. The first-order valence-corrected chi connectivity index (χ1v) is 8.91. The van der Waals surface area contributed by atoms with Crippen LogP contribution in [0.15, 0.2) is 59.7 Å². The van der Waals surface area contributed by atoms with E-state index in [1.165, 1.54) is 10.9 Å². The van der Waals surface area contributed by atoms with Crippen LogP contribution in [0.4, 0.5) is 0 Å². The maximum atomic E-state index is 12.8. The molecule has 140 valence electrons. The minimum atomic E-state index is -0.290. The molecule has 7 heteroatoms. The number of methoxy groups -OCH3 is 1. The summed E-state index contributed by atoms with van der Waals surface area (Å²) in [5, 5.41) is 0.848. The van der Waals surface area contributed by atoms with Crippen molar-refractivity contribution >= 4 is 28.4 Å². The summed E-state index contributed by atoms with van der Waals surface area (Å²) in [5.41, 5.74) is 1.27. The number of aromatic nitrogens is 2. The summed E-state index contributed by atoms with van der Waals surface area (Å²) in [6.07, 6.45) is 1.40. The van der Waals surface area contributed by atoms with Gasteiger partial charge in [0.15, 0.2) is 0 Å². The molecule has 0 atom stereocenters. The average Bonchev–Trinajstić information content (AvgIpc) is 2.68. The van der Waals surface area contributed by atoms with E-state index < -0.39 is 0 Å². The smallest absolute Gasteiger partial charge is 0.261 e. The molecular weight excluding hydrogens is 366 g/mol. The Morgan fingerprint density at radius 1 is 1.22 bits per heavy atom. The fourth-order valence-corrected chi connectivity index (χ4v) is 2.96. The molecule has 0 saturated carbocycles. The van der Waals surface area contributed by atoms with Gasteiger partial charge in [-0.2, -0.15) is 0 Å². The second kappa shape index (κ2) is 8.79. The normalized spacial score (nSPS) is 10.9. The number of halogens is 1. The Morgan fingerprint density at radius 2 is 2.00 bits per heavy atom. The summed E-state index contributed by atoms with van der Waals surface area (Å²) in [4.78, 5) is 31.4. The lowest BCUT2D eigenvalue weighted by molar-refractivity contribution is -0.133. The van der Waals surface area contributed by atoms with Crippen LogP contribution in [0.25, 0.3) is 10.9 Å². The Kier molecular flexibility index (Phi) is 6.21. The van der Waals surface area contributed by atoms with Crippen molar-refractivity contribution in [3.05, 3.63) is 75.8 Å². The zero-order valence-electron chi connectivity index (χ0n) is 15.0. The van der Waals surface area contributed by atoms with Gasteiger partial charge >= 0.3 is 0 Å². The van der Waals surface area contributed by atoms with Crippen LogP contribution >= 0.6 is 11.6 Å². The van der Waals surface area contributed by atoms with Crippen molar-refractivity contribution in [2.75, 3.05) is 20.3 Å². The van der Waals surface area contributed by atoms with Gasteiger partial charge in [-0.05, 0) is 23.8 Å². The van der Waals surface area contributed by atoms with Crippen LogP contribution in [-0.2, 0) is 22.6 Å². The zero-order chi connectivity index (χ0) is 19.2.